The molecule has 206 valence electrons. The van der Waals surface area contributed by atoms with Crippen LogP contribution >= 0.6 is 23.2 Å². The zero-order valence-electron chi connectivity index (χ0n) is 21.7. The van der Waals surface area contributed by atoms with Crippen molar-refractivity contribution in [1.29, 1.82) is 0 Å². The normalized spacial score (nSPS) is 15.5. The Morgan fingerprint density at radius 3 is 2.50 bits per heavy atom. The Morgan fingerprint density at radius 2 is 1.70 bits per heavy atom. The summed E-state index contributed by atoms with van der Waals surface area (Å²) in [6.07, 6.45) is -0.614. The molecule has 1 fully saturated rings. The summed E-state index contributed by atoms with van der Waals surface area (Å²) in [5.41, 5.74) is 3.82. The molecule has 1 aliphatic heterocycles. The molecule has 0 spiro atoms. The Kier molecular flexibility index (Phi) is 8.04. The van der Waals surface area contributed by atoms with Gasteiger partial charge in [-0.2, -0.15) is 0 Å². The van der Waals surface area contributed by atoms with Crippen molar-refractivity contribution in [3.8, 4) is 28.5 Å². The van der Waals surface area contributed by atoms with E-state index >= 15 is 0 Å². The van der Waals surface area contributed by atoms with Crippen LogP contribution in [-0.4, -0.2) is 70.5 Å². The highest BCUT2D eigenvalue weighted by Gasteiger charge is 2.21. The average Bonchev–Trinajstić information content (AvgIpc) is 3.60. The van der Waals surface area contributed by atoms with Crippen molar-refractivity contribution in [2.75, 3.05) is 39.3 Å². The van der Waals surface area contributed by atoms with Gasteiger partial charge in [0.1, 0.15) is 29.7 Å². The number of aliphatic hydroxyl groups excluding tert-OH is 1. The van der Waals surface area contributed by atoms with Crippen LogP contribution in [0.1, 0.15) is 5.76 Å². The fourth-order valence-corrected chi connectivity index (χ4v) is 5.15. The third-order valence-electron chi connectivity index (χ3n) is 6.91. The summed E-state index contributed by atoms with van der Waals surface area (Å²) in [7, 11) is 0. The van der Waals surface area contributed by atoms with Crippen LogP contribution in [0, 0.1) is 0 Å². The first-order valence-electron chi connectivity index (χ1n) is 13.1. The van der Waals surface area contributed by atoms with Crippen LogP contribution in [0.2, 0.25) is 10.0 Å². The molecular weight excluding hydrogens is 551 g/mol. The number of oxazole rings is 1. The topological polar surface area (TPSA) is 88.0 Å². The summed E-state index contributed by atoms with van der Waals surface area (Å²) >= 11 is 12.3. The number of fused-ring (bicyclic) bond motifs is 1. The van der Waals surface area contributed by atoms with E-state index in [0.717, 1.165) is 48.8 Å². The van der Waals surface area contributed by atoms with Gasteiger partial charge in [-0.1, -0.05) is 46.6 Å². The molecule has 1 aliphatic rings. The van der Waals surface area contributed by atoms with E-state index in [4.69, 9.17) is 36.9 Å². The smallest absolute Gasteiger partial charge is 0.227 e. The number of β-amino-alcohol motifs (C(OH)–C–C–N with tert-alkyl or cyclic N) is 1. The number of halogens is 2. The summed E-state index contributed by atoms with van der Waals surface area (Å²) < 4.78 is 17.3. The molecule has 0 aliphatic carbocycles. The first-order valence-corrected chi connectivity index (χ1v) is 13.9. The molecule has 0 radical (unpaired) electrons. The fourth-order valence-electron chi connectivity index (χ4n) is 4.79. The lowest BCUT2D eigenvalue weighted by Crippen LogP contribution is -2.48. The van der Waals surface area contributed by atoms with Crippen molar-refractivity contribution >= 4 is 34.3 Å². The minimum atomic E-state index is -0.614. The van der Waals surface area contributed by atoms with Gasteiger partial charge in [-0.25, -0.2) is 4.98 Å². The van der Waals surface area contributed by atoms with Crippen LogP contribution in [-0.2, 0) is 6.54 Å². The lowest BCUT2D eigenvalue weighted by molar-refractivity contribution is 0.0430. The quantitative estimate of drug-likeness (QED) is 0.227. The number of nitrogens with zero attached hydrogens (tertiary/aromatic N) is 4. The van der Waals surface area contributed by atoms with E-state index in [-0.39, 0.29) is 6.61 Å². The second-order valence-corrected chi connectivity index (χ2v) is 10.7. The minimum absolute atomic E-state index is 0.191. The molecule has 0 amide bonds. The van der Waals surface area contributed by atoms with Crippen LogP contribution in [0.3, 0.4) is 0 Å². The summed E-state index contributed by atoms with van der Waals surface area (Å²) in [5.74, 6) is 1.96. The predicted molar refractivity (Wildman–Crippen MR) is 155 cm³/mol. The zero-order chi connectivity index (χ0) is 27.5. The largest absolute Gasteiger partial charge is 0.491 e. The summed E-state index contributed by atoms with van der Waals surface area (Å²) in [4.78, 5) is 9.14. The van der Waals surface area contributed by atoms with Crippen LogP contribution in [0.4, 0.5) is 0 Å². The third-order valence-corrected chi connectivity index (χ3v) is 7.50. The van der Waals surface area contributed by atoms with E-state index in [9.17, 15) is 5.11 Å². The predicted octanol–water partition coefficient (Wildman–Crippen LogP) is 6.01. The number of rotatable bonds is 9. The second kappa shape index (κ2) is 12.0. The van der Waals surface area contributed by atoms with Crippen LogP contribution in [0.15, 0.2) is 81.7 Å². The van der Waals surface area contributed by atoms with Crippen LogP contribution in [0.5, 0.6) is 5.75 Å². The number of hydrogen-bond donors (Lipinski definition) is 1. The summed E-state index contributed by atoms with van der Waals surface area (Å²) in [6, 6.07) is 22.4. The van der Waals surface area contributed by atoms with Crippen molar-refractivity contribution in [2.45, 2.75) is 12.6 Å². The first kappa shape index (κ1) is 26.8. The Labute approximate surface area is 241 Å². The third kappa shape index (κ3) is 6.32. The van der Waals surface area contributed by atoms with Crippen molar-refractivity contribution in [1.82, 2.24) is 19.9 Å². The molecular formula is C30H28Cl2N4O4. The average molecular weight is 579 g/mol. The van der Waals surface area contributed by atoms with Crippen molar-refractivity contribution < 1.29 is 18.8 Å². The molecule has 5 aromatic rings. The van der Waals surface area contributed by atoms with Gasteiger partial charge in [0.05, 0.1) is 11.6 Å². The first-order chi connectivity index (χ1) is 19.5. The van der Waals surface area contributed by atoms with E-state index in [0.29, 0.717) is 45.9 Å². The highest BCUT2D eigenvalue weighted by atomic mass is 35.5. The monoisotopic (exact) mass is 578 g/mol. The number of aromatic nitrogens is 2. The molecule has 10 heteroatoms. The number of aliphatic hydroxyl groups is 1. The molecule has 0 saturated carbocycles. The molecule has 2 aromatic heterocycles. The minimum Gasteiger partial charge on any atom is -0.491 e. The maximum absolute atomic E-state index is 10.6. The van der Waals surface area contributed by atoms with E-state index in [1.807, 2.05) is 60.7 Å². The number of benzene rings is 3. The van der Waals surface area contributed by atoms with E-state index in [1.165, 1.54) is 0 Å². The maximum atomic E-state index is 10.6. The van der Waals surface area contributed by atoms with Crippen LogP contribution in [0.25, 0.3) is 33.8 Å². The summed E-state index contributed by atoms with van der Waals surface area (Å²) in [6.45, 7) is 4.85. The molecule has 6 rings (SSSR count). The lowest BCUT2D eigenvalue weighted by Gasteiger charge is -2.35. The van der Waals surface area contributed by atoms with Gasteiger partial charge in [-0.3, -0.25) is 9.80 Å². The molecule has 3 aromatic carbocycles. The Bertz CT molecular complexity index is 1580. The standard InChI is InChI=1S/C30H28Cl2N4O4/c31-21-7-5-20(6-8-21)30-33-28-15-23(9-10-29(28)39-30)38-19-22(37)17-35-11-13-36(14-12-35)18-24-16-27(34-40-24)25-3-1-2-4-26(25)32/h1-10,15-16,22,37H,11-14,17-19H2/t22-/m1/s1. The van der Waals surface area contributed by atoms with E-state index in [2.05, 4.69) is 19.9 Å². The van der Waals surface area contributed by atoms with Gasteiger partial charge in [0.2, 0.25) is 5.89 Å². The molecule has 40 heavy (non-hydrogen) atoms. The number of hydrogen-bond acceptors (Lipinski definition) is 8. The van der Waals surface area contributed by atoms with Gasteiger partial charge in [-0.15, -0.1) is 0 Å². The molecule has 8 nitrogen and oxygen atoms in total. The van der Waals surface area contributed by atoms with Gasteiger partial charge in [0.25, 0.3) is 0 Å². The molecule has 1 N–H and O–H groups in total. The Balaban J connectivity index is 0.963. The highest BCUT2D eigenvalue weighted by Crippen LogP contribution is 2.29. The Morgan fingerprint density at radius 1 is 0.925 bits per heavy atom. The van der Waals surface area contributed by atoms with Gasteiger partial charge in [0, 0.05) is 61.0 Å². The SMILES string of the molecule is O[C@@H](COc1ccc2oc(-c3ccc(Cl)cc3)nc2c1)CN1CCN(Cc2cc(-c3ccccc3Cl)no2)CC1. The van der Waals surface area contributed by atoms with E-state index in [1.54, 1.807) is 12.1 Å². The number of piperazine rings is 1. The number of ether oxygens (including phenoxy) is 1. The molecule has 1 atom stereocenters. The van der Waals surface area contributed by atoms with Gasteiger partial charge >= 0.3 is 0 Å². The maximum Gasteiger partial charge on any atom is 0.227 e. The molecule has 0 unspecified atom stereocenters. The van der Waals surface area contributed by atoms with Crippen molar-refractivity contribution in [3.63, 3.8) is 0 Å². The van der Waals surface area contributed by atoms with Gasteiger partial charge < -0.3 is 18.8 Å². The van der Waals surface area contributed by atoms with Crippen LogP contribution < -0.4 is 4.74 Å². The molecule has 3 heterocycles. The Hall–Kier alpha value is -3.40. The highest BCUT2D eigenvalue weighted by molar-refractivity contribution is 6.33. The second-order valence-electron chi connectivity index (χ2n) is 9.86. The van der Waals surface area contributed by atoms with Gasteiger partial charge in [0.15, 0.2) is 11.3 Å². The molecule has 0 bridgehead atoms. The van der Waals surface area contributed by atoms with Gasteiger partial charge in [-0.05, 0) is 42.5 Å². The zero-order valence-corrected chi connectivity index (χ0v) is 23.2. The van der Waals surface area contributed by atoms with Crippen molar-refractivity contribution in [2.24, 2.45) is 0 Å². The van der Waals surface area contributed by atoms with Crippen molar-refractivity contribution in [3.05, 3.63) is 88.6 Å². The van der Waals surface area contributed by atoms with E-state index < -0.39 is 6.10 Å². The molecule has 1 saturated heterocycles. The fraction of sp³-hybridized carbons (Fsp3) is 0.267. The summed E-state index contributed by atoms with van der Waals surface area (Å²) in [5, 5.41) is 16.1. The lowest BCUT2D eigenvalue weighted by atomic mass is 10.1.